The zero-order valence-electron chi connectivity index (χ0n) is 11.2. The van der Waals surface area contributed by atoms with Crippen LogP contribution in [-0.4, -0.2) is 53.2 Å². The highest BCUT2D eigenvalue weighted by Gasteiger charge is 2.25. The summed E-state index contributed by atoms with van der Waals surface area (Å²) < 4.78 is 0. The Morgan fingerprint density at radius 3 is 2.41 bits per heavy atom. The van der Waals surface area contributed by atoms with E-state index in [1.54, 1.807) is 16.7 Å². The van der Waals surface area contributed by atoms with E-state index in [1.807, 2.05) is 6.26 Å². The van der Waals surface area contributed by atoms with Crippen molar-refractivity contribution in [3.05, 3.63) is 0 Å². The molecule has 0 spiro atoms. The van der Waals surface area contributed by atoms with Crippen molar-refractivity contribution in [3.63, 3.8) is 0 Å². The molecule has 5 heteroatoms. The zero-order valence-corrected chi connectivity index (χ0v) is 12.0. The van der Waals surface area contributed by atoms with Crippen molar-refractivity contribution >= 4 is 17.7 Å². The molecule has 0 fully saturated rings. The summed E-state index contributed by atoms with van der Waals surface area (Å²) in [4.78, 5) is 13.9. The lowest BCUT2D eigenvalue weighted by atomic mass is 10.1. The van der Waals surface area contributed by atoms with Crippen LogP contribution in [0, 0.1) is 0 Å². The number of rotatable bonds is 9. The molecule has 17 heavy (non-hydrogen) atoms. The zero-order chi connectivity index (χ0) is 13.3. The molecule has 0 aromatic carbocycles. The van der Waals surface area contributed by atoms with Gasteiger partial charge in [-0.25, -0.2) is 0 Å². The Balaban J connectivity index is 4.51. The van der Waals surface area contributed by atoms with Gasteiger partial charge in [0.05, 0.1) is 12.6 Å². The topological polar surface area (TPSA) is 66.6 Å². The molecular weight excluding hydrogens is 236 g/mol. The average molecular weight is 262 g/mol. The fourth-order valence-electron chi connectivity index (χ4n) is 1.89. The Kier molecular flexibility index (Phi) is 9.59. The fraction of sp³-hybridized carbons (Fsp3) is 0.917. The van der Waals surface area contributed by atoms with Gasteiger partial charge in [-0.1, -0.05) is 13.8 Å². The Morgan fingerprint density at radius 2 is 2.00 bits per heavy atom. The summed E-state index contributed by atoms with van der Waals surface area (Å²) in [7, 11) is 0. The van der Waals surface area contributed by atoms with Crippen molar-refractivity contribution in [3.8, 4) is 0 Å². The maximum absolute atomic E-state index is 12.2. The molecule has 0 unspecified atom stereocenters. The van der Waals surface area contributed by atoms with E-state index in [1.165, 1.54) is 0 Å². The second kappa shape index (κ2) is 9.74. The summed E-state index contributed by atoms with van der Waals surface area (Å²) in [6.07, 6.45) is 4.50. The minimum Gasteiger partial charge on any atom is -0.395 e. The molecule has 0 heterocycles. The molecule has 0 aliphatic heterocycles. The average Bonchev–Trinajstić information content (AvgIpc) is 2.35. The molecule has 4 nitrogen and oxygen atoms in total. The molecule has 102 valence electrons. The summed E-state index contributed by atoms with van der Waals surface area (Å²) in [6, 6.07) is -0.246. The molecule has 0 rings (SSSR count). The summed E-state index contributed by atoms with van der Waals surface area (Å²) in [5.74, 6) is 0.866. The molecular formula is C12H26N2O2S. The summed E-state index contributed by atoms with van der Waals surface area (Å²) in [6.45, 7) is 4.49. The van der Waals surface area contributed by atoms with Gasteiger partial charge < -0.3 is 15.7 Å². The predicted octanol–water partition coefficient (Wildman–Crippen LogP) is 1.08. The Labute approximate surface area is 109 Å². The highest BCUT2D eigenvalue weighted by molar-refractivity contribution is 7.98. The first kappa shape index (κ1) is 16.7. The SMILES string of the molecule is CCC(CC)N(CCO)C(=O)[C@H](N)CCSC. The van der Waals surface area contributed by atoms with Gasteiger partial charge in [0.25, 0.3) is 0 Å². The number of hydrogen-bond acceptors (Lipinski definition) is 4. The van der Waals surface area contributed by atoms with Crippen molar-refractivity contribution in [2.45, 2.75) is 45.2 Å². The smallest absolute Gasteiger partial charge is 0.239 e. The molecule has 0 saturated carbocycles. The number of hydrogen-bond donors (Lipinski definition) is 2. The molecule has 3 N–H and O–H groups in total. The summed E-state index contributed by atoms with van der Waals surface area (Å²) in [5, 5.41) is 9.04. The number of nitrogens with zero attached hydrogens (tertiary/aromatic N) is 1. The van der Waals surface area contributed by atoms with E-state index in [0.717, 1.165) is 18.6 Å². The third kappa shape index (κ3) is 5.75. The summed E-state index contributed by atoms with van der Waals surface area (Å²) in [5.41, 5.74) is 5.90. The number of nitrogens with two attached hydrogens (primary N) is 1. The minimum atomic E-state index is -0.436. The van der Waals surface area contributed by atoms with Crippen LogP contribution in [0.15, 0.2) is 0 Å². The largest absolute Gasteiger partial charge is 0.395 e. The molecule has 1 atom stereocenters. The fourth-order valence-corrected chi connectivity index (χ4v) is 2.38. The van der Waals surface area contributed by atoms with Gasteiger partial charge in [0, 0.05) is 12.6 Å². The standard InChI is InChI=1S/C12H26N2O2S/c1-4-10(5-2)14(7-8-15)12(16)11(13)6-9-17-3/h10-11,15H,4-9,13H2,1-3H3/t11-/m1/s1. The van der Waals surface area contributed by atoms with E-state index in [-0.39, 0.29) is 18.6 Å². The molecule has 1 amide bonds. The third-order valence-corrected chi connectivity index (χ3v) is 3.60. The van der Waals surface area contributed by atoms with Gasteiger partial charge in [0.15, 0.2) is 0 Å². The van der Waals surface area contributed by atoms with Crippen LogP contribution in [0.1, 0.15) is 33.1 Å². The van der Waals surface area contributed by atoms with Gasteiger partial charge in [0.1, 0.15) is 0 Å². The highest BCUT2D eigenvalue weighted by atomic mass is 32.2. The maximum Gasteiger partial charge on any atom is 0.239 e. The van der Waals surface area contributed by atoms with E-state index in [0.29, 0.717) is 13.0 Å². The number of thioether (sulfide) groups is 1. The van der Waals surface area contributed by atoms with Crippen LogP contribution in [0.2, 0.25) is 0 Å². The van der Waals surface area contributed by atoms with Crippen LogP contribution >= 0.6 is 11.8 Å². The number of carbonyl (C=O) groups is 1. The van der Waals surface area contributed by atoms with E-state index in [4.69, 9.17) is 10.8 Å². The number of aliphatic hydroxyl groups excluding tert-OH is 1. The Hall–Kier alpha value is -0.260. The van der Waals surface area contributed by atoms with Crippen LogP contribution in [-0.2, 0) is 4.79 Å². The third-order valence-electron chi connectivity index (χ3n) is 2.96. The van der Waals surface area contributed by atoms with Crippen LogP contribution in [0.3, 0.4) is 0 Å². The van der Waals surface area contributed by atoms with E-state index in [9.17, 15) is 4.79 Å². The molecule has 0 saturated heterocycles. The predicted molar refractivity (Wildman–Crippen MR) is 74.1 cm³/mol. The van der Waals surface area contributed by atoms with Gasteiger partial charge >= 0.3 is 0 Å². The van der Waals surface area contributed by atoms with Gasteiger partial charge in [-0.2, -0.15) is 11.8 Å². The molecule has 0 aliphatic carbocycles. The molecule has 0 radical (unpaired) electrons. The highest BCUT2D eigenvalue weighted by Crippen LogP contribution is 2.11. The van der Waals surface area contributed by atoms with Gasteiger partial charge in [-0.15, -0.1) is 0 Å². The maximum atomic E-state index is 12.2. The van der Waals surface area contributed by atoms with E-state index < -0.39 is 6.04 Å². The second-order valence-electron chi connectivity index (χ2n) is 4.11. The van der Waals surface area contributed by atoms with E-state index in [2.05, 4.69) is 13.8 Å². The number of carbonyl (C=O) groups excluding carboxylic acids is 1. The first-order valence-corrected chi connectivity index (χ1v) is 7.67. The molecule has 0 bridgehead atoms. The van der Waals surface area contributed by atoms with Gasteiger partial charge in [0.2, 0.25) is 5.91 Å². The van der Waals surface area contributed by atoms with Gasteiger partial charge in [-0.05, 0) is 31.3 Å². The van der Waals surface area contributed by atoms with Crippen molar-refractivity contribution in [2.75, 3.05) is 25.2 Å². The quantitative estimate of drug-likeness (QED) is 0.652. The first-order chi connectivity index (χ1) is 8.12. The van der Waals surface area contributed by atoms with Gasteiger partial charge in [-0.3, -0.25) is 4.79 Å². The summed E-state index contributed by atoms with van der Waals surface area (Å²) >= 11 is 1.69. The minimum absolute atomic E-state index is 0.00249. The lowest BCUT2D eigenvalue weighted by Gasteiger charge is -2.32. The second-order valence-corrected chi connectivity index (χ2v) is 5.10. The lowest BCUT2D eigenvalue weighted by molar-refractivity contribution is -0.135. The normalized spacial score (nSPS) is 12.8. The number of aliphatic hydroxyl groups is 1. The van der Waals surface area contributed by atoms with Crippen molar-refractivity contribution in [2.24, 2.45) is 5.73 Å². The molecule has 0 aliphatic rings. The van der Waals surface area contributed by atoms with Crippen molar-refractivity contribution in [1.29, 1.82) is 0 Å². The van der Waals surface area contributed by atoms with Crippen LogP contribution in [0.25, 0.3) is 0 Å². The lowest BCUT2D eigenvalue weighted by Crippen LogP contribution is -2.49. The molecule has 0 aromatic rings. The van der Waals surface area contributed by atoms with Crippen LogP contribution in [0.4, 0.5) is 0 Å². The number of amides is 1. The molecule has 0 aromatic heterocycles. The van der Waals surface area contributed by atoms with Crippen LogP contribution < -0.4 is 5.73 Å². The van der Waals surface area contributed by atoms with Crippen molar-refractivity contribution in [1.82, 2.24) is 4.90 Å². The van der Waals surface area contributed by atoms with Crippen LogP contribution in [0.5, 0.6) is 0 Å². The Morgan fingerprint density at radius 1 is 1.41 bits per heavy atom. The van der Waals surface area contributed by atoms with E-state index >= 15 is 0 Å². The first-order valence-electron chi connectivity index (χ1n) is 6.28. The van der Waals surface area contributed by atoms with Crippen molar-refractivity contribution < 1.29 is 9.90 Å². The Bertz CT molecular complexity index is 211. The monoisotopic (exact) mass is 262 g/mol.